The second-order valence-electron chi connectivity index (χ2n) is 4.55. The van der Waals surface area contributed by atoms with Crippen molar-refractivity contribution in [2.75, 3.05) is 0 Å². The third kappa shape index (κ3) is 2.70. The van der Waals surface area contributed by atoms with E-state index in [1.54, 1.807) is 22.7 Å². The first-order valence-electron chi connectivity index (χ1n) is 5.17. The van der Waals surface area contributed by atoms with Gasteiger partial charge in [-0.15, -0.1) is 22.7 Å². The molecule has 1 N–H and O–H groups in total. The SMILES string of the molecule is Cc1ccsc1-c1csc(CC(C)(C)O)n1. The Morgan fingerprint density at radius 2 is 2.12 bits per heavy atom. The molecule has 0 aliphatic carbocycles. The quantitative estimate of drug-likeness (QED) is 0.908. The zero-order valence-electron chi connectivity index (χ0n) is 9.65. The molecule has 0 fully saturated rings. The van der Waals surface area contributed by atoms with Crippen molar-refractivity contribution in [1.29, 1.82) is 0 Å². The summed E-state index contributed by atoms with van der Waals surface area (Å²) in [6, 6.07) is 2.11. The number of hydrogen-bond acceptors (Lipinski definition) is 4. The van der Waals surface area contributed by atoms with Crippen molar-refractivity contribution in [1.82, 2.24) is 4.98 Å². The van der Waals surface area contributed by atoms with Gasteiger partial charge < -0.3 is 5.11 Å². The van der Waals surface area contributed by atoms with Crippen LogP contribution in [0.5, 0.6) is 0 Å². The maximum Gasteiger partial charge on any atom is 0.0961 e. The van der Waals surface area contributed by atoms with E-state index in [2.05, 4.69) is 28.7 Å². The van der Waals surface area contributed by atoms with Crippen LogP contribution in [0, 0.1) is 6.92 Å². The Morgan fingerprint density at radius 1 is 1.38 bits per heavy atom. The minimum atomic E-state index is -0.681. The van der Waals surface area contributed by atoms with E-state index in [0.717, 1.165) is 10.7 Å². The molecule has 0 radical (unpaired) electrons. The molecule has 0 saturated carbocycles. The standard InChI is InChI=1S/C12H15NOS2/c1-8-4-5-15-11(8)9-7-16-10(13-9)6-12(2,3)14/h4-5,7,14H,6H2,1-3H3. The Balaban J connectivity index is 2.24. The van der Waals surface area contributed by atoms with Crippen LogP contribution in [-0.2, 0) is 6.42 Å². The van der Waals surface area contributed by atoms with Gasteiger partial charge in [0.05, 0.1) is 21.2 Å². The Labute approximate surface area is 104 Å². The van der Waals surface area contributed by atoms with Crippen molar-refractivity contribution in [3.05, 3.63) is 27.4 Å². The van der Waals surface area contributed by atoms with Crippen LogP contribution in [0.15, 0.2) is 16.8 Å². The van der Waals surface area contributed by atoms with Crippen molar-refractivity contribution >= 4 is 22.7 Å². The molecule has 0 bridgehead atoms. The highest BCUT2D eigenvalue weighted by Crippen LogP contribution is 2.30. The van der Waals surface area contributed by atoms with E-state index in [0.29, 0.717) is 6.42 Å². The van der Waals surface area contributed by atoms with E-state index in [-0.39, 0.29) is 0 Å². The number of aliphatic hydroxyl groups is 1. The first kappa shape index (κ1) is 11.8. The molecular weight excluding hydrogens is 238 g/mol. The highest BCUT2D eigenvalue weighted by Gasteiger charge is 2.17. The third-order valence-corrected chi connectivity index (χ3v) is 4.12. The van der Waals surface area contributed by atoms with Gasteiger partial charge in [0.15, 0.2) is 0 Å². The van der Waals surface area contributed by atoms with Crippen LogP contribution in [0.25, 0.3) is 10.6 Å². The van der Waals surface area contributed by atoms with Gasteiger partial charge >= 0.3 is 0 Å². The monoisotopic (exact) mass is 253 g/mol. The topological polar surface area (TPSA) is 33.1 Å². The van der Waals surface area contributed by atoms with Gasteiger partial charge in [0, 0.05) is 11.8 Å². The molecule has 0 amide bonds. The van der Waals surface area contributed by atoms with Crippen molar-refractivity contribution in [2.24, 2.45) is 0 Å². The van der Waals surface area contributed by atoms with Crippen molar-refractivity contribution < 1.29 is 5.11 Å². The summed E-state index contributed by atoms with van der Waals surface area (Å²) >= 11 is 3.33. The van der Waals surface area contributed by atoms with Crippen molar-refractivity contribution in [2.45, 2.75) is 32.8 Å². The second-order valence-corrected chi connectivity index (χ2v) is 6.41. The van der Waals surface area contributed by atoms with Gasteiger partial charge in [-0.25, -0.2) is 4.98 Å². The molecule has 2 rings (SSSR count). The number of thiophene rings is 1. The lowest BCUT2D eigenvalue weighted by atomic mass is 10.1. The summed E-state index contributed by atoms with van der Waals surface area (Å²) in [5.74, 6) is 0. The van der Waals surface area contributed by atoms with Gasteiger partial charge in [-0.2, -0.15) is 0 Å². The fourth-order valence-electron chi connectivity index (χ4n) is 1.50. The summed E-state index contributed by atoms with van der Waals surface area (Å²) in [7, 11) is 0. The Hall–Kier alpha value is -0.710. The Morgan fingerprint density at radius 3 is 2.69 bits per heavy atom. The van der Waals surface area contributed by atoms with Crippen LogP contribution >= 0.6 is 22.7 Å². The van der Waals surface area contributed by atoms with Crippen LogP contribution < -0.4 is 0 Å². The average molecular weight is 253 g/mol. The largest absolute Gasteiger partial charge is 0.390 e. The highest BCUT2D eigenvalue weighted by molar-refractivity contribution is 7.14. The first-order valence-corrected chi connectivity index (χ1v) is 6.93. The maximum absolute atomic E-state index is 9.73. The minimum absolute atomic E-state index is 0.613. The smallest absolute Gasteiger partial charge is 0.0961 e. The van der Waals surface area contributed by atoms with Gasteiger partial charge in [0.2, 0.25) is 0 Å². The zero-order chi connectivity index (χ0) is 11.8. The molecule has 0 atom stereocenters. The van der Waals surface area contributed by atoms with E-state index in [1.807, 2.05) is 13.8 Å². The van der Waals surface area contributed by atoms with E-state index in [9.17, 15) is 5.11 Å². The van der Waals surface area contributed by atoms with E-state index in [1.165, 1.54) is 10.4 Å². The fourth-order valence-corrected chi connectivity index (χ4v) is 3.47. The van der Waals surface area contributed by atoms with Crippen LogP contribution in [0.1, 0.15) is 24.4 Å². The number of aryl methyl sites for hydroxylation is 1. The lowest BCUT2D eigenvalue weighted by Gasteiger charge is -2.14. The summed E-state index contributed by atoms with van der Waals surface area (Å²) in [6.07, 6.45) is 0.613. The molecule has 0 spiro atoms. The Bertz CT molecular complexity index is 479. The van der Waals surface area contributed by atoms with E-state index >= 15 is 0 Å². The van der Waals surface area contributed by atoms with Gasteiger partial charge in [-0.3, -0.25) is 0 Å². The molecule has 2 heterocycles. The van der Waals surface area contributed by atoms with E-state index < -0.39 is 5.60 Å². The fraction of sp³-hybridized carbons (Fsp3) is 0.417. The molecule has 16 heavy (non-hydrogen) atoms. The molecule has 0 aromatic carbocycles. The molecule has 0 aliphatic heterocycles. The van der Waals surface area contributed by atoms with Crippen LogP contribution in [0.3, 0.4) is 0 Å². The predicted molar refractivity (Wildman–Crippen MR) is 70.2 cm³/mol. The third-order valence-electron chi connectivity index (χ3n) is 2.23. The van der Waals surface area contributed by atoms with Crippen LogP contribution in [-0.4, -0.2) is 15.7 Å². The van der Waals surface area contributed by atoms with Crippen molar-refractivity contribution in [3.8, 4) is 10.6 Å². The molecule has 0 saturated heterocycles. The molecule has 2 aromatic heterocycles. The number of hydrogen-bond donors (Lipinski definition) is 1. The highest BCUT2D eigenvalue weighted by atomic mass is 32.1. The van der Waals surface area contributed by atoms with Crippen LogP contribution in [0.2, 0.25) is 0 Å². The molecule has 0 unspecified atom stereocenters. The molecule has 0 aliphatic rings. The molecule has 2 aromatic rings. The molecule has 86 valence electrons. The lowest BCUT2D eigenvalue weighted by molar-refractivity contribution is 0.0809. The predicted octanol–water partition coefficient (Wildman–Crippen LogP) is 3.49. The van der Waals surface area contributed by atoms with Crippen LogP contribution in [0.4, 0.5) is 0 Å². The van der Waals surface area contributed by atoms with Gasteiger partial charge in [-0.05, 0) is 37.8 Å². The molecular formula is C12H15NOS2. The number of rotatable bonds is 3. The summed E-state index contributed by atoms with van der Waals surface area (Å²) in [4.78, 5) is 5.80. The van der Waals surface area contributed by atoms with Gasteiger partial charge in [0.25, 0.3) is 0 Å². The molecule has 2 nitrogen and oxygen atoms in total. The maximum atomic E-state index is 9.73. The average Bonchev–Trinajstić information content (AvgIpc) is 2.71. The zero-order valence-corrected chi connectivity index (χ0v) is 11.3. The number of nitrogens with zero attached hydrogens (tertiary/aromatic N) is 1. The Kier molecular flexibility index (Phi) is 3.15. The summed E-state index contributed by atoms with van der Waals surface area (Å²) in [5, 5.41) is 14.9. The normalized spacial score (nSPS) is 12.0. The van der Waals surface area contributed by atoms with E-state index in [4.69, 9.17) is 0 Å². The first-order chi connectivity index (χ1) is 7.46. The summed E-state index contributed by atoms with van der Waals surface area (Å²) < 4.78 is 0. The van der Waals surface area contributed by atoms with Gasteiger partial charge in [0.1, 0.15) is 0 Å². The second kappa shape index (κ2) is 4.28. The minimum Gasteiger partial charge on any atom is -0.390 e. The number of thiazole rings is 1. The van der Waals surface area contributed by atoms with Crippen molar-refractivity contribution in [3.63, 3.8) is 0 Å². The van der Waals surface area contributed by atoms with Gasteiger partial charge in [-0.1, -0.05) is 0 Å². The summed E-state index contributed by atoms with van der Waals surface area (Å²) in [6.45, 7) is 5.72. The number of aromatic nitrogens is 1. The summed E-state index contributed by atoms with van der Waals surface area (Å²) in [5.41, 5.74) is 1.63. The lowest BCUT2D eigenvalue weighted by Crippen LogP contribution is -2.21. The molecule has 4 heteroatoms.